The van der Waals surface area contributed by atoms with Crippen LogP contribution >= 0.6 is 0 Å². The van der Waals surface area contributed by atoms with E-state index in [9.17, 15) is 8.42 Å². The van der Waals surface area contributed by atoms with Gasteiger partial charge in [0.15, 0.2) is 0 Å². The van der Waals surface area contributed by atoms with E-state index >= 15 is 0 Å². The van der Waals surface area contributed by atoms with Crippen LogP contribution in [0.1, 0.15) is 5.56 Å². The Kier molecular flexibility index (Phi) is 4.77. The lowest BCUT2D eigenvalue weighted by molar-refractivity contribution is 0.486. The molecule has 28 heavy (non-hydrogen) atoms. The normalized spacial score (nSPS) is 11.7. The van der Waals surface area contributed by atoms with Gasteiger partial charge < -0.3 is 9.17 Å². The number of aromatic amines is 1. The average molecular weight is 392 g/mol. The minimum absolute atomic E-state index is 0.0978. The van der Waals surface area contributed by atoms with Gasteiger partial charge in [-0.3, -0.25) is 0 Å². The minimum atomic E-state index is -3.88. The highest BCUT2D eigenvalue weighted by atomic mass is 32.2. The zero-order valence-corrected chi connectivity index (χ0v) is 15.4. The number of H-pyrrole nitrogens is 1. The molecule has 0 aliphatic rings. The van der Waals surface area contributed by atoms with E-state index in [1.807, 2.05) is 24.3 Å². The van der Waals surface area contributed by atoms with E-state index < -0.39 is 10.1 Å². The van der Waals surface area contributed by atoms with Gasteiger partial charge in [0.05, 0.1) is 17.2 Å². The van der Waals surface area contributed by atoms with Gasteiger partial charge in [-0.2, -0.15) is 13.5 Å². The number of benzene rings is 3. The van der Waals surface area contributed by atoms with Crippen molar-refractivity contribution in [1.29, 1.82) is 0 Å². The largest absolute Gasteiger partial charge is 0.379 e. The van der Waals surface area contributed by atoms with Gasteiger partial charge in [0, 0.05) is 0 Å². The van der Waals surface area contributed by atoms with Gasteiger partial charge in [0.25, 0.3) is 0 Å². The fraction of sp³-hybridized carbons (Fsp3) is 0. The van der Waals surface area contributed by atoms with Crippen molar-refractivity contribution in [2.75, 3.05) is 5.43 Å². The molecule has 0 unspecified atom stereocenters. The van der Waals surface area contributed by atoms with Crippen molar-refractivity contribution >= 4 is 33.3 Å². The van der Waals surface area contributed by atoms with Gasteiger partial charge in [0.1, 0.15) is 10.6 Å². The first-order valence-corrected chi connectivity index (χ1v) is 9.84. The highest BCUT2D eigenvalue weighted by Gasteiger charge is 2.15. The molecule has 0 bridgehead atoms. The van der Waals surface area contributed by atoms with E-state index in [0.29, 0.717) is 11.5 Å². The van der Waals surface area contributed by atoms with Crippen molar-refractivity contribution in [2.24, 2.45) is 5.10 Å². The van der Waals surface area contributed by atoms with Crippen LogP contribution in [0.2, 0.25) is 0 Å². The van der Waals surface area contributed by atoms with Crippen molar-refractivity contribution in [1.82, 2.24) is 9.97 Å². The molecule has 0 fully saturated rings. The Balaban J connectivity index is 1.47. The van der Waals surface area contributed by atoms with Gasteiger partial charge in [-0.25, -0.2) is 10.4 Å². The molecule has 7 nitrogen and oxygen atoms in total. The molecular weight excluding hydrogens is 376 g/mol. The van der Waals surface area contributed by atoms with Crippen LogP contribution in [0.5, 0.6) is 5.75 Å². The third kappa shape index (κ3) is 4.02. The summed E-state index contributed by atoms with van der Waals surface area (Å²) in [5.74, 6) is 0.716. The molecule has 0 saturated heterocycles. The first kappa shape index (κ1) is 17.7. The Morgan fingerprint density at radius 3 is 2.57 bits per heavy atom. The van der Waals surface area contributed by atoms with Crippen molar-refractivity contribution in [2.45, 2.75) is 4.90 Å². The number of rotatable bonds is 6. The summed E-state index contributed by atoms with van der Waals surface area (Å²) < 4.78 is 29.8. The maximum atomic E-state index is 12.3. The van der Waals surface area contributed by atoms with Crippen LogP contribution in [-0.4, -0.2) is 24.6 Å². The Labute approximate surface area is 161 Å². The first-order valence-electron chi connectivity index (χ1n) is 8.44. The topological polar surface area (TPSA) is 96.4 Å². The smallest absolute Gasteiger partial charge is 0.339 e. The molecule has 0 saturated carbocycles. The number of fused-ring (bicyclic) bond motifs is 1. The van der Waals surface area contributed by atoms with E-state index in [1.54, 1.807) is 48.7 Å². The molecule has 140 valence electrons. The highest BCUT2D eigenvalue weighted by molar-refractivity contribution is 7.87. The number of hydrazone groups is 1. The predicted octanol–water partition coefficient (Wildman–Crippen LogP) is 3.78. The number of anilines is 1. The average Bonchev–Trinajstić information content (AvgIpc) is 3.11. The van der Waals surface area contributed by atoms with Crippen LogP contribution in [0.4, 0.5) is 5.95 Å². The third-order valence-electron chi connectivity index (χ3n) is 3.87. The zero-order valence-electron chi connectivity index (χ0n) is 14.6. The fourth-order valence-corrected chi connectivity index (χ4v) is 3.53. The predicted molar refractivity (Wildman–Crippen MR) is 108 cm³/mol. The number of hydrogen-bond acceptors (Lipinski definition) is 6. The second kappa shape index (κ2) is 7.53. The van der Waals surface area contributed by atoms with E-state index in [1.165, 1.54) is 12.1 Å². The van der Waals surface area contributed by atoms with Crippen molar-refractivity contribution in [3.8, 4) is 5.75 Å². The number of aromatic nitrogens is 2. The summed E-state index contributed by atoms with van der Waals surface area (Å²) in [4.78, 5) is 7.56. The van der Waals surface area contributed by atoms with Crippen molar-refractivity contribution in [3.63, 3.8) is 0 Å². The summed E-state index contributed by atoms with van der Waals surface area (Å²) in [7, 11) is -3.88. The van der Waals surface area contributed by atoms with Crippen molar-refractivity contribution in [3.05, 3.63) is 84.4 Å². The van der Waals surface area contributed by atoms with Crippen LogP contribution in [-0.2, 0) is 10.1 Å². The summed E-state index contributed by atoms with van der Waals surface area (Å²) >= 11 is 0. The molecule has 0 amide bonds. The van der Waals surface area contributed by atoms with Crippen LogP contribution in [0.3, 0.4) is 0 Å². The molecule has 0 aliphatic heterocycles. The standard InChI is InChI=1S/C20H16N4O3S/c25-28(26,17-9-2-1-3-10-17)27-16-8-6-7-15(13-16)14-21-24-20-22-18-11-4-5-12-19(18)23-20/h1-14H,(H2,22,23,24)/b21-14-. The molecule has 0 spiro atoms. The van der Waals surface area contributed by atoms with E-state index in [4.69, 9.17) is 4.18 Å². The van der Waals surface area contributed by atoms with Gasteiger partial charge >= 0.3 is 10.1 Å². The molecule has 0 radical (unpaired) electrons. The van der Waals surface area contributed by atoms with Crippen molar-refractivity contribution < 1.29 is 12.6 Å². The second-order valence-electron chi connectivity index (χ2n) is 5.90. The van der Waals surface area contributed by atoms with Crippen LogP contribution in [0.15, 0.2) is 88.9 Å². The van der Waals surface area contributed by atoms with E-state index in [0.717, 1.165) is 11.0 Å². The van der Waals surface area contributed by atoms with Gasteiger partial charge in [-0.1, -0.05) is 42.5 Å². The Bertz CT molecular complexity index is 1200. The maximum absolute atomic E-state index is 12.3. The highest BCUT2D eigenvalue weighted by Crippen LogP contribution is 2.19. The summed E-state index contributed by atoms with van der Waals surface area (Å²) in [5, 5.41) is 4.13. The lowest BCUT2D eigenvalue weighted by atomic mass is 10.2. The summed E-state index contributed by atoms with van der Waals surface area (Å²) in [6.07, 6.45) is 1.55. The maximum Gasteiger partial charge on any atom is 0.339 e. The number of para-hydroxylation sites is 2. The third-order valence-corrected chi connectivity index (χ3v) is 5.13. The summed E-state index contributed by atoms with van der Waals surface area (Å²) in [6, 6.07) is 22.3. The van der Waals surface area contributed by atoms with Crippen LogP contribution in [0, 0.1) is 0 Å². The molecule has 0 aliphatic carbocycles. The monoisotopic (exact) mass is 392 g/mol. The number of hydrogen-bond donors (Lipinski definition) is 2. The van der Waals surface area contributed by atoms with Gasteiger partial charge in [-0.15, -0.1) is 0 Å². The first-order chi connectivity index (χ1) is 13.6. The Hall–Kier alpha value is -3.65. The molecule has 4 rings (SSSR count). The Morgan fingerprint density at radius 2 is 1.75 bits per heavy atom. The molecule has 3 aromatic carbocycles. The molecule has 1 aromatic heterocycles. The van der Waals surface area contributed by atoms with Crippen LogP contribution < -0.4 is 9.61 Å². The number of nitrogens with zero attached hydrogens (tertiary/aromatic N) is 2. The molecule has 1 heterocycles. The lowest BCUT2D eigenvalue weighted by Crippen LogP contribution is -2.09. The minimum Gasteiger partial charge on any atom is -0.379 e. The summed E-state index contributed by atoms with van der Waals surface area (Å²) in [5.41, 5.74) is 5.23. The SMILES string of the molecule is O=S(=O)(Oc1cccc(/C=N\Nc2nc3ccccc3[nH]2)c1)c1ccccc1. The van der Waals surface area contributed by atoms with Gasteiger partial charge in [0.2, 0.25) is 5.95 Å². The van der Waals surface area contributed by atoms with E-state index in [2.05, 4.69) is 20.5 Å². The molecule has 4 aromatic rings. The van der Waals surface area contributed by atoms with E-state index in [-0.39, 0.29) is 10.6 Å². The molecular formula is C20H16N4O3S. The molecule has 0 atom stereocenters. The molecule has 8 heteroatoms. The second-order valence-corrected chi connectivity index (χ2v) is 7.44. The number of imidazole rings is 1. The number of nitrogens with one attached hydrogen (secondary N) is 2. The molecule has 2 N–H and O–H groups in total. The Morgan fingerprint density at radius 1 is 0.964 bits per heavy atom. The quantitative estimate of drug-likeness (QED) is 0.296. The van der Waals surface area contributed by atoms with Crippen LogP contribution in [0.25, 0.3) is 11.0 Å². The summed E-state index contributed by atoms with van der Waals surface area (Å²) in [6.45, 7) is 0. The lowest BCUT2D eigenvalue weighted by Gasteiger charge is -2.07. The fourth-order valence-electron chi connectivity index (χ4n) is 2.58. The van der Waals surface area contributed by atoms with Gasteiger partial charge in [-0.05, 0) is 42.0 Å². The zero-order chi connectivity index (χ0) is 19.4.